The number of anilines is 1. The molecule has 72 valence electrons. The van der Waals surface area contributed by atoms with Gasteiger partial charge in [-0.1, -0.05) is 24.3 Å². The van der Waals surface area contributed by atoms with Crippen molar-refractivity contribution in [1.29, 1.82) is 0 Å². The molecule has 0 bridgehead atoms. The van der Waals surface area contributed by atoms with Crippen molar-refractivity contribution in [3.63, 3.8) is 0 Å². The molecule has 0 amide bonds. The second-order valence-corrected chi connectivity index (χ2v) is 3.17. The lowest BCUT2D eigenvalue weighted by atomic mass is 10.1. The minimum absolute atomic E-state index is 0.641. The number of benzene rings is 2. The minimum Gasteiger partial charge on any atom is -0.492 e. The molecule has 0 aliphatic heterocycles. The average molecular weight is 187 g/mol. The summed E-state index contributed by atoms with van der Waals surface area (Å²) in [4.78, 5) is 0. The average Bonchev–Trinajstić information content (AvgIpc) is 2.19. The summed E-state index contributed by atoms with van der Waals surface area (Å²) in [5.74, 6) is 0.770. The van der Waals surface area contributed by atoms with Crippen LogP contribution in [0.15, 0.2) is 36.4 Å². The predicted octanol–water partition coefficient (Wildman–Crippen LogP) is 2.82. The third-order valence-electron chi connectivity index (χ3n) is 2.18. The Morgan fingerprint density at radius 3 is 2.43 bits per heavy atom. The molecular weight excluding hydrogens is 174 g/mol. The van der Waals surface area contributed by atoms with Gasteiger partial charge in [0.25, 0.3) is 0 Å². The van der Waals surface area contributed by atoms with Gasteiger partial charge in [-0.3, -0.25) is 0 Å². The molecule has 0 atom stereocenters. The summed E-state index contributed by atoms with van der Waals surface area (Å²) in [6.45, 7) is 2.59. The van der Waals surface area contributed by atoms with Crippen LogP contribution >= 0.6 is 0 Å². The Kier molecular flexibility index (Phi) is 2.27. The zero-order valence-electron chi connectivity index (χ0n) is 8.16. The van der Waals surface area contributed by atoms with E-state index in [0.29, 0.717) is 12.3 Å². The van der Waals surface area contributed by atoms with Gasteiger partial charge in [0.05, 0.1) is 12.3 Å². The van der Waals surface area contributed by atoms with Crippen molar-refractivity contribution in [3.05, 3.63) is 36.4 Å². The topological polar surface area (TPSA) is 35.2 Å². The molecule has 2 aromatic carbocycles. The molecule has 2 N–H and O–H groups in total. The van der Waals surface area contributed by atoms with Crippen LogP contribution in [0.25, 0.3) is 10.8 Å². The summed E-state index contributed by atoms with van der Waals surface area (Å²) in [6.07, 6.45) is 0. The number of hydrogen-bond acceptors (Lipinski definition) is 2. The highest BCUT2D eigenvalue weighted by Gasteiger charge is 2.01. The Bertz CT molecular complexity index is 451. The van der Waals surface area contributed by atoms with Crippen LogP contribution in [0, 0.1) is 0 Å². The van der Waals surface area contributed by atoms with E-state index in [1.54, 1.807) is 0 Å². The van der Waals surface area contributed by atoms with Crippen LogP contribution in [0.5, 0.6) is 5.75 Å². The SMILES string of the molecule is CCOc1cc2ccccc2cc1N. The highest BCUT2D eigenvalue weighted by Crippen LogP contribution is 2.27. The molecule has 0 unspecified atom stereocenters. The Morgan fingerprint density at radius 2 is 1.79 bits per heavy atom. The normalized spacial score (nSPS) is 10.4. The molecule has 0 fully saturated rings. The molecule has 0 spiro atoms. The summed E-state index contributed by atoms with van der Waals surface area (Å²) < 4.78 is 5.42. The quantitative estimate of drug-likeness (QED) is 0.734. The number of nitrogens with two attached hydrogens (primary N) is 1. The first kappa shape index (κ1) is 8.88. The Balaban J connectivity index is 2.59. The van der Waals surface area contributed by atoms with Gasteiger partial charge in [0.1, 0.15) is 5.75 Å². The van der Waals surface area contributed by atoms with Gasteiger partial charge in [0.15, 0.2) is 0 Å². The summed E-state index contributed by atoms with van der Waals surface area (Å²) in [6, 6.07) is 12.0. The van der Waals surface area contributed by atoms with Crippen molar-refractivity contribution in [3.8, 4) is 5.75 Å². The van der Waals surface area contributed by atoms with Gasteiger partial charge in [-0.15, -0.1) is 0 Å². The van der Waals surface area contributed by atoms with E-state index in [1.807, 2.05) is 37.3 Å². The highest BCUT2D eigenvalue weighted by atomic mass is 16.5. The van der Waals surface area contributed by atoms with Crippen LogP contribution in [0.2, 0.25) is 0 Å². The van der Waals surface area contributed by atoms with Crippen molar-refractivity contribution < 1.29 is 4.74 Å². The predicted molar refractivity (Wildman–Crippen MR) is 59.5 cm³/mol. The van der Waals surface area contributed by atoms with E-state index in [2.05, 4.69) is 6.07 Å². The highest BCUT2D eigenvalue weighted by molar-refractivity contribution is 5.88. The zero-order valence-corrected chi connectivity index (χ0v) is 8.16. The van der Waals surface area contributed by atoms with Crippen LogP contribution in [0.4, 0.5) is 5.69 Å². The molecule has 0 aliphatic carbocycles. The maximum Gasteiger partial charge on any atom is 0.142 e. The van der Waals surface area contributed by atoms with Crippen LogP contribution in [-0.4, -0.2) is 6.61 Å². The van der Waals surface area contributed by atoms with Crippen LogP contribution in [0.1, 0.15) is 6.92 Å². The van der Waals surface area contributed by atoms with Crippen molar-refractivity contribution in [2.75, 3.05) is 12.3 Å². The molecule has 0 aliphatic rings. The monoisotopic (exact) mass is 187 g/mol. The molecule has 14 heavy (non-hydrogen) atoms. The Morgan fingerprint density at radius 1 is 1.14 bits per heavy atom. The summed E-state index contributed by atoms with van der Waals surface area (Å²) >= 11 is 0. The fourth-order valence-electron chi connectivity index (χ4n) is 1.52. The lowest BCUT2D eigenvalue weighted by Crippen LogP contribution is -1.96. The summed E-state index contributed by atoms with van der Waals surface area (Å²) in [5, 5.41) is 2.30. The second-order valence-electron chi connectivity index (χ2n) is 3.17. The molecule has 0 heterocycles. The van der Waals surface area contributed by atoms with Crippen LogP contribution < -0.4 is 10.5 Å². The van der Waals surface area contributed by atoms with Crippen molar-refractivity contribution in [2.45, 2.75) is 6.92 Å². The first-order valence-electron chi connectivity index (χ1n) is 4.72. The number of ether oxygens (including phenoxy) is 1. The summed E-state index contributed by atoms with van der Waals surface area (Å²) in [7, 11) is 0. The number of hydrogen-bond donors (Lipinski definition) is 1. The molecule has 2 rings (SSSR count). The Hall–Kier alpha value is -1.70. The zero-order chi connectivity index (χ0) is 9.97. The molecule has 2 nitrogen and oxygen atoms in total. The molecule has 2 aromatic rings. The first-order chi connectivity index (χ1) is 6.81. The molecule has 0 radical (unpaired) electrons. The van der Waals surface area contributed by atoms with Gasteiger partial charge in [-0.2, -0.15) is 0 Å². The largest absolute Gasteiger partial charge is 0.492 e. The van der Waals surface area contributed by atoms with E-state index in [9.17, 15) is 0 Å². The smallest absolute Gasteiger partial charge is 0.142 e. The fraction of sp³-hybridized carbons (Fsp3) is 0.167. The van der Waals surface area contributed by atoms with E-state index in [0.717, 1.165) is 16.5 Å². The summed E-state index contributed by atoms with van der Waals surface area (Å²) in [5.41, 5.74) is 6.55. The van der Waals surface area contributed by atoms with Crippen molar-refractivity contribution in [2.24, 2.45) is 0 Å². The van der Waals surface area contributed by atoms with E-state index in [1.165, 1.54) is 0 Å². The number of fused-ring (bicyclic) bond motifs is 1. The lowest BCUT2D eigenvalue weighted by Gasteiger charge is -2.08. The van der Waals surface area contributed by atoms with Crippen molar-refractivity contribution in [1.82, 2.24) is 0 Å². The maximum absolute atomic E-state index is 5.85. The molecule has 2 heteroatoms. The maximum atomic E-state index is 5.85. The number of rotatable bonds is 2. The van der Waals surface area contributed by atoms with Gasteiger partial charge in [0, 0.05) is 0 Å². The van der Waals surface area contributed by atoms with E-state index >= 15 is 0 Å². The van der Waals surface area contributed by atoms with E-state index in [4.69, 9.17) is 10.5 Å². The fourth-order valence-corrected chi connectivity index (χ4v) is 1.52. The minimum atomic E-state index is 0.641. The van der Waals surface area contributed by atoms with Gasteiger partial charge < -0.3 is 10.5 Å². The van der Waals surface area contributed by atoms with Gasteiger partial charge >= 0.3 is 0 Å². The van der Waals surface area contributed by atoms with Gasteiger partial charge in [-0.25, -0.2) is 0 Å². The standard InChI is InChI=1S/C12H13NO/c1-2-14-12-8-10-6-4-3-5-9(10)7-11(12)13/h3-8H,2,13H2,1H3. The van der Waals surface area contributed by atoms with Crippen molar-refractivity contribution >= 4 is 16.5 Å². The van der Waals surface area contributed by atoms with Gasteiger partial charge in [-0.05, 0) is 29.8 Å². The molecular formula is C12H13NO. The first-order valence-corrected chi connectivity index (χ1v) is 4.72. The Labute approximate surface area is 83.3 Å². The second kappa shape index (κ2) is 3.58. The molecule has 0 saturated heterocycles. The third kappa shape index (κ3) is 1.51. The van der Waals surface area contributed by atoms with Gasteiger partial charge in [0.2, 0.25) is 0 Å². The van der Waals surface area contributed by atoms with E-state index in [-0.39, 0.29) is 0 Å². The third-order valence-corrected chi connectivity index (χ3v) is 2.18. The number of nitrogen functional groups attached to an aromatic ring is 1. The van der Waals surface area contributed by atoms with E-state index < -0.39 is 0 Å². The molecule has 0 saturated carbocycles. The van der Waals surface area contributed by atoms with Crippen LogP contribution in [0.3, 0.4) is 0 Å². The van der Waals surface area contributed by atoms with Crippen LogP contribution in [-0.2, 0) is 0 Å². The molecule has 0 aromatic heterocycles. The lowest BCUT2D eigenvalue weighted by molar-refractivity contribution is 0.342.